The number of hydrogen-bond acceptors (Lipinski definition) is 1. The van der Waals surface area contributed by atoms with Crippen LogP contribution in [0.25, 0.3) is 10.8 Å². The summed E-state index contributed by atoms with van der Waals surface area (Å²) in [6.07, 6.45) is 3.05. The fourth-order valence-electron chi connectivity index (χ4n) is 2.34. The fourth-order valence-corrected chi connectivity index (χ4v) is 2.34. The quantitative estimate of drug-likeness (QED) is 0.828. The number of aliphatic hydroxyl groups is 1. The molecule has 1 nitrogen and oxygen atoms in total. The van der Waals surface area contributed by atoms with Crippen LogP contribution in [0, 0.1) is 5.92 Å². The maximum absolute atomic E-state index is 10.0. The van der Waals surface area contributed by atoms with Gasteiger partial charge in [-0.2, -0.15) is 0 Å². The van der Waals surface area contributed by atoms with E-state index in [4.69, 9.17) is 0 Å². The molecule has 2 aromatic rings. The molecule has 1 aliphatic rings. The normalized spacial score (nSPS) is 17.6. The van der Waals surface area contributed by atoms with Crippen molar-refractivity contribution in [2.75, 3.05) is 0 Å². The van der Waals surface area contributed by atoms with Crippen LogP contribution < -0.4 is 0 Å². The van der Waals surface area contributed by atoms with Crippen molar-refractivity contribution in [3.63, 3.8) is 0 Å². The van der Waals surface area contributed by atoms with Gasteiger partial charge >= 0.3 is 0 Å². The SMILES string of the molecule is OC(Cc1cccc2ccccc12)C1CC1. The van der Waals surface area contributed by atoms with Gasteiger partial charge in [-0.15, -0.1) is 0 Å². The monoisotopic (exact) mass is 212 g/mol. The summed E-state index contributed by atoms with van der Waals surface area (Å²) < 4.78 is 0. The van der Waals surface area contributed by atoms with Crippen LogP contribution in [-0.4, -0.2) is 11.2 Å². The van der Waals surface area contributed by atoms with Gasteiger partial charge in [0.2, 0.25) is 0 Å². The molecule has 1 N–H and O–H groups in total. The second-order valence-corrected chi connectivity index (χ2v) is 4.75. The summed E-state index contributed by atoms with van der Waals surface area (Å²) in [6.45, 7) is 0. The third-order valence-electron chi connectivity index (χ3n) is 3.48. The number of rotatable bonds is 3. The van der Waals surface area contributed by atoms with Crippen molar-refractivity contribution in [1.29, 1.82) is 0 Å². The lowest BCUT2D eigenvalue weighted by Gasteiger charge is -2.11. The largest absolute Gasteiger partial charge is 0.392 e. The van der Waals surface area contributed by atoms with E-state index in [0.717, 1.165) is 6.42 Å². The molecule has 0 spiro atoms. The standard InChI is InChI=1S/C15H16O/c16-15(12-8-9-12)10-13-6-3-5-11-4-1-2-7-14(11)13/h1-7,12,15-16H,8-10H2. The lowest BCUT2D eigenvalue weighted by Crippen LogP contribution is -2.12. The van der Waals surface area contributed by atoms with Crippen LogP contribution >= 0.6 is 0 Å². The van der Waals surface area contributed by atoms with Crippen LogP contribution in [0.2, 0.25) is 0 Å². The van der Waals surface area contributed by atoms with Gasteiger partial charge in [-0.05, 0) is 41.5 Å². The first-order valence-corrected chi connectivity index (χ1v) is 5.99. The fraction of sp³-hybridized carbons (Fsp3) is 0.333. The highest BCUT2D eigenvalue weighted by molar-refractivity contribution is 5.85. The molecule has 3 rings (SSSR count). The third-order valence-corrected chi connectivity index (χ3v) is 3.48. The summed E-state index contributed by atoms with van der Waals surface area (Å²) in [7, 11) is 0. The van der Waals surface area contributed by atoms with E-state index in [9.17, 15) is 5.11 Å². The van der Waals surface area contributed by atoms with Crippen LogP contribution in [-0.2, 0) is 6.42 Å². The maximum Gasteiger partial charge on any atom is 0.0608 e. The molecule has 0 saturated heterocycles. The Bertz CT molecular complexity index is 494. The number of fused-ring (bicyclic) bond motifs is 1. The minimum absolute atomic E-state index is 0.147. The molecule has 0 heterocycles. The molecule has 0 aliphatic heterocycles. The van der Waals surface area contributed by atoms with E-state index in [1.165, 1.54) is 29.2 Å². The molecule has 16 heavy (non-hydrogen) atoms. The Balaban J connectivity index is 1.95. The number of aliphatic hydroxyl groups excluding tert-OH is 1. The van der Waals surface area contributed by atoms with Crippen molar-refractivity contribution in [3.8, 4) is 0 Å². The number of benzene rings is 2. The van der Waals surface area contributed by atoms with Crippen LogP contribution in [0.5, 0.6) is 0 Å². The highest BCUT2D eigenvalue weighted by Gasteiger charge is 2.29. The van der Waals surface area contributed by atoms with E-state index >= 15 is 0 Å². The third kappa shape index (κ3) is 1.83. The second kappa shape index (κ2) is 3.91. The van der Waals surface area contributed by atoms with E-state index < -0.39 is 0 Å². The van der Waals surface area contributed by atoms with Gasteiger partial charge in [0.25, 0.3) is 0 Å². The Kier molecular flexibility index (Phi) is 2.41. The van der Waals surface area contributed by atoms with Crippen LogP contribution in [0.4, 0.5) is 0 Å². The molecular weight excluding hydrogens is 196 g/mol. The average Bonchev–Trinajstić information content (AvgIpc) is 3.13. The van der Waals surface area contributed by atoms with E-state index in [-0.39, 0.29) is 6.10 Å². The van der Waals surface area contributed by atoms with Gasteiger partial charge in [0.05, 0.1) is 6.10 Å². The Labute approximate surface area is 95.7 Å². The lowest BCUT2D eigenvalue weighted by molar-refractivity contribution is 0.152. The summed E-state index contributed by atoms with van der Waals surface area (Å²) in [5.41, 5.74) is 1.28. The minimum atomic E-state index is -0.147. The predicted octanol–water partition coefficient (Wildman–Crippen LogP) is 3.15. The van der Waals surface area contributed by atoms with Crippen molar-refractivity contribution < 1.29 is 5.11 Å². The number of hydrogen-bond donors (Lipinski definition) is 1. The van der Waals surface area contributed by atoms with Crippen molar-refractivity contribution in [2.24, 2.45) is 5.92 Å². The van der Waals surface area contributed by atoms with Crippen molar-refractivity contribution in [3.05, 3.63) is 48.0 Å². The molecular formula is C15H16O. The highest BCUT2D eigenvalue weighted by atomic mass is 16.3. The van der Waals surface area contributed by atoms with Gasteiger partial charge in [0.1, 0.15) is 0 Å². The lowest BCUT2D eigenvalue weighted by atomic mass is 9.98. The summed E-state index contributed by atoms with van der Waals surface area (Å²) >= 11 is 0. The van der Waals surface area contributed by atoms with E-state index in [0.29, 0.717) is 5.92 Å². The van der Waals surface area contributed by atoms with Gasteiger partial charge in [-0.1, -0.05) is 42.5 Å². The zero-order chi connectivity index (χ0) is 11.0. The minimum Gasteiger partial charge on any atom is -0.392 e. The molecule has 0 aromatic heterocycles. The molecule has 1 fully saturated rings. The second-order valence-electron chi connectivity index (χ2n) is 4.75. The first-order valence-electron chi connectivity index (χ1n) is 5.99. The smallest absolute Gasteiger partial charge is 0.0608 e. The van der Waals surface area contributed by atoms with Gasteiger partial charge in [0, 0.05) is 0 Å². The van der Waals surface area contributed by atoms with Gasteiger partial charge in [-0.3, -0.25) is 0 Å². The zero-order valence-corrected chi connectivity index (χ0v) is 9.26. The summed E-state index contributed by atoms with van der Waals surface area (Å²) in [5, 5.41) is 12.6. The summed E-state index contributed by atoms with van der Waals surface area (Å²) in [4.78, 5) is 0. The van der Waals surface area contributed by atoms with E-state index in [1.54, 1.807) is 0 Å². The topological polar surface area (TPSA) is 20.2 Å². The Morgan fingerprint density at radius 3 is 2.62 bits per heavy atom. The first-order chi connectivity index (χ1) is 7.84. The zero-order valence-electron chi connectivity index (χ0n) is 9.26. The summed E-state index contributed by atoms with van der Waals surface area (Å²) in [5.74, 6) is 0.555. The molecule has 1 saturated carbocycles. The Hall–Kier alpha value is -1.34. The predicted molar refractivity (Wildman–Crippen MR) is 66.4 cm³/mol. The average molecular weight is 212 g/mol. The van der Waals surface area contributed by atoms with E-state index in [1.807, 2.05) is 0 Å². The van der Waals surface area contributed by atoms with Crippen LogP contribution in [0.1, 0.15) is 18.4 Å². The molecule has 2 aromatic carbocycles. The molecule has 1 atom stereocenters. The molecule has 1 unspecified atom stereocenters. The van der Waals surface area contributed by atoms with Gasteiger partial charge < -0.3 is 5.11 Å². The first kappa shape index (κ1) is 9.86. The highest BCUT2D eigenvalue weighted by Crippen LogP contribution is 2.34. The molecule has 1 aliphatic carbocycles. The van der Waals surface area contributed by atoms with Crippen LogP contribution in [0.15, 0.2) is 42.5 Å². The maximum atomic E-state index is 10.0. The van der Waals surface area contributed by atoms with Crippen LogP contribution in [0.3, 0.4) is 0 Å². The van der Waals surface area contributed by atoms with Gasteiger partial charge in [-0.25, -0.2) is 0 Å². The van der Waals surface area contributed by atoms with E-state index in [2.05, 4.69) is 42.5 Å². The van der Waals surface area contributed by atoms with Crippen molar-refractivity contribution in [2.45, 2.75) is 25.4 Å². The Morgan fingerprint density at radius 2 is 1.81 bits per heavy atom. The van der Waals surface area contributed by atoms with Gasteiger partial charge in [0.15, 0.2) is 0 Å². The molecule has 1 heteroatoms. The molecule has 82 valence electrons. The molecule has 0 amide bonds. The van der Waals surface area contributed by atoms with Crippen molar-refractivity contribution in [1.82, 2.24) is 0 Å². The molecule has 0 radical (unpaired) electrons. The summed E-state index contributed by atoms with van der Waals surface area (Å²) in [6, 6.07) is 14.7. The Morgan fingerprint density at radius 1 is 1.06 bits per heavy atom. The van der Waals surface area contributed by atoms with Crippen molar-refractivity contribution >= 4 is 10.8 Å². The molecule has 0 bridgehead atoms.